The Labute approximate surface area is 129 Å². The van der Waals surface area contributed by atoms with Crippen LogP contribution in [0.3, 0.4) is 0 Å². The van der Waals surface area contributed by atoms with Crippen LogP contribution >= 0.6 is 23.4 Å². The second-order valence-electron chi connectivity index (χ2n) is 5.44. The maximum atomic E-state index is 11.4. The molecule has 0 radical (unpaired) electrons. The van der Waals surface area contributed by atoms with Gasteiger partial charge in [0.25, 0.3) is 0 Å². The van der Waals surface area contributed by atoms with Crippen molar-refractivity contribution in [2.45, 2.75) is 49.1 Å². The molecule has 1 unspecified atom stereocenters. The molecule has 110 valence electrons. The maximum Gasteiger partial charge on any atom is 0.323 e. The van der Waals surface area contributed by atoms with E-state index in [-0.39, 0.29) is 0 Å². The van der Waals surface area contributed by atoms with Crippen molar-refractivity contribution in [3.63, 3.8) is 0 Å². The van der Waals surface area contributed by atoms with Gasteiger partial charge in [0.05, 0.1) is 5.02 Å². The lowest BCUT2D eigenvalue weighted by Crippen LogP contribution is -2.50. The molecule has 20 heavy (non-hydrogen) atoms. The summed E-state index contributed by atoms with van der Waals surface area (Å²) in [7, 11) is 0. The van der Waals surface area contributed by atoms with E-state index < -0.39 is 11.5 Å². The molecule has 1 fully saturated rings. The highest BCUT2D eigenvalue weighted by Gasteiger charge is 2.37. The van der Waals surface area contributed by atoms with Crippen LogP contribution in [0.15, 0.2) is 29.2 Å². The third-order valence-electron chi connectivity index (χ3n) is 3.49. The molecule has 5 heteroatoms. The standard InChI is InChI=1S/C15H20ClNO2S/c1-15(14(18)19,17-11-7-8-11)9-4-10-20-13-6-3-2-5-12(13)16/h2-3,5-6,11,17H,4,7-10H2,1H3,(H,18,19). The number of hydrogen-bond donors (Lipinski definition) is 2. The summed E-state index contributed by atoms with van der Waals surface area (Å²) in [4.78, 5) is 12.5. The van der Waals surface area contributed by atoms with Crippen molar-refractivity contribution in [1.82, 2.24) is 5.32 Å². The quantitative estimate of drug-likeness (QED) is 0.566. The first-order chi connectivity index (χ1) is 9.51. The molecule has 1 aliphatic rings. The number of carboxylic acids is 1. The highest BCUT2D eigenvalue weighted by Crippen LogP contribution is 2.29. The molecule has 0 heterocycles. The third kappa shape index (κ3) is 4.40. The van der Waals surface area contributed by atoms with Crippen LogP contribution in [-0.2, 0) is 4.79 Å². The number of hydrogen-bond acceptors (Lipinski definition) is 3. The Bertz CT molecular complexity index is 479. The molecule has 0 aromatic heterocycles. The molecule has 1 aromatic carbocycles. The summed E-state index contributed by atoms with van der Waals surface area (Å²) in [6.07, 6.45) is 3.67. The average Bonchev–Trinajstić information content (AvgIpc) is 3.20. The number of nitrogens with one attached hydrogen (secondary N) is 1. The van der Waals surface area contributed by atoms with E-state index in [4.69, 9.17) is 11.6 Å². The summed E-state index contributed by atoms with van der Waals surface area (Å²) < 4.78 is 0. The summed E-state index contributed by atoms with van der Waals surface area (Å²) >= 11 is 7.77. The van der Waals surface area contributed by atoms with Gasteiger partial charge in [0.1, 0.15) is 5.54 Å². The van der Waals surface area contributed by atoms with Gasteiger partial charge in [0.2, 0.25) is 0 Å². The molecule has 0 aliphatic heterocycles. The fourth-order valence-electron chi connectivity index (χ4n) is 2.09. The Balaban J connectivity index is 1.78. The van der Waals surface area contributed by atoms with Crippen molar-refractivity contribution < 1.29 is 9.90 Å². The minimum Gasteiger partial charge on any atom is -0.480 e. The minimum absolute atomic E-state index is 0.396. The van der Waals surface area contributed by atoms with Gasteiger partial charge in [-0.2, -0.15) is 0 Å². The number of rotatable bonds is 8. The smallest absolute Gasteiger partial charge is 0.323 e. The fraction of sp³-hybridized carbons (Fsp3) is 0.533. The SMILES string of the molecule is CC(CCCSc1ccccc1Cl)(NC1CC1)C(=O)O. The molecular formula is C15H20ClNO2S. The second kappa shape index (κ2) is 6.83. The van der Waals surface area contributed by atoms with E-state index in [9.17, 15) is 9.90 Å². The maximum absolute atomic E-state index is 11.4. The van der Waals surface area contributed by atoms with E-state index in [0.29, 0.717) is 12.5 Å². The molecule has 3 nitrogen and oxygen atoms in total. The first kappa shape index (κ1) is 15.7. The first-order valence-electron chi connectivity index (χ1n) is 6.90. The van der Waals surface area contributed by atoms with Crippen molar-refractivity contribution >= 4 is 29.3 Å². The highest BCUT2D eigenvalue weighted by atomic mass is 35.5. The van der Waals surface area contributed by atoms with Gasteiger partial charge in [0.15, 0.2) is 0 Å². The molecule has 1 saturated carbocycles. The number of thioether (sulfide) groups is 1. The van der Waals surface area contributed by atoms with Crippen LogP contribution in [-0.4, -0.2) is 28.4 Å². The molecule has 1 atom stereocenters. The largest absolute Gasteiger partial charge is 0.480 e. The number of halogens is 1. The zero-order valence-electron chi connectivity index (χ0n) is 11.6. The normalized spacial score (nSPS) is 17.7. The number of benzene rings is 1. The second-order valence-corrected chi connectivity index (χ2v) is 6.98. The van der Waals surface area contributed by atoms with E-state index in [1.54, 1.807) is 18.7 Å². The lowest BCUT2D eigenvalue weighted by Gasteiger charge is -2.26. The van der Waals surface area contributed by atoms with Gasteiger partial charge in [-0.25, -0.2) is 0 Å². The molecular weight excluding hydrogens is 294 g/mol. The first-order valence-corrected chi connectivity index (χ1v) is 8.26. The van der Waals surface area contributed by atoms with Crippen molar-refractivity contribution in [2.75, 3.05) is 5.75 Å². The van der Waals surface area contributed by atoms with Gasteiger partial charge in [-0.1, -0.05) is 23.7 Å². The molecule has 1 aliphatic carbocycles. The minimum atomic E-state index is -0.803. The van der Waals surface area contributed by atoms with Crippen LogP contribution in [0.4, 0.5) is 0 Å². The van der Waals surface area contributed by atoms with Gasteiger partial charge in [0, 0.05) is 10.9 Å². The average molecular weight is 314 g/mol. The molecule has 2 rings (SSSR count). The Morgan fingerprint density at radius 1 is 1.50 bits per heavy atom. The molecule has 0 saturated heterocycles. The molecule has 0 spiro atoms. The van der Waals surface area contributed by atoms with Crippen LogP contribution < -0.4 is 5.32 Å². The summed E-state index contributed by atoms with van der Waals surface area (Å²) in [5, 5.41) is 13.4. The van der Waals surface area contributed by atoms with E-state index >= 15 is 0 Å². The summed E-state index contributed by atoms with van der Waals surface area (Å²) in [6, 6.07) is 8.14. The Morgan fingerprint density at radius 3 is 2.80 bits per heavy atom. The summed E-state index contributed by atoms with van der Waals surface area (Å²) in [5.74, 6) is 0.117. The molecule has 0 bridgehead atoms. The van der Waals surface area contributed by atoms with Crippen LogP contribution in [0.2, 0.25) is 5.02 Å². The Kier molecular flexibility index (Phi) is 5.35. The Hall–Kier alpha value is -0.710. The Morgan fingerprint density at radius 2 is 2.20 bits per heavy atom. The van der Waals surface area contributed by atoms with Crippen molar-refractivity contribution in [3.05, 3.63) is 29.3 Å². The monoisotopic (exact) mass is 313 g/mol. The molecule has 2 N–H and O–H groups in total. The molecule has 0 amide bonds. The van der Waals surface area contributed by atoms with E-state index in [1.165, 1.54) is 0 Å². The van der Waals surface area contributed by atoms with Gasteiger partial charge in [-0.05, 0) is 50.5 Å². The highest BCUT2D eigenvalue weighted by molar-refractivity contribution is 7.99. The van der Waals surface area contributed by atoms with Crippen LogP contribution in [0.1, 0.15) is 32.6 Å². The predicted octanol–water partition coefficient (Wildman–Crippen LogP) is 3.81. The van der Waals surface area contributed by atoms with Crippen molar-refractivity contribution in [3.8, 4) is 0 Å². The van der Waals surface area contributed by atoms with Gasteiger partial charge in [-0.15, -0.1) is 11.8 Å². The lowest BCUT2D eigenvalue weighted by atomic mass is 9.96. The number of carbonyl (C=O) groups is 1. The van der Waals surface area contributed by atoms with E-state index in [0.717, 1.165) is 34.9 Å². The third-order valence-corrected chi connectivity index (χ3v) is 5.09. The van der Waals surface area contributed by atoms with E-state index in [1.807, 2.05) is 24.3 Å². The van der Waals surface area contributed by atoms with Gasteiger partial charge in [-0.3, -0.25) is 10.1 Å². The summed E-state index contributed by atoms with van der Waals surface area (Å²) in [6.45, 7) is 1.79. The predicted molar refractivity (Wildman–Crippen MR) is 83.6 cm³/mol. The number of carboxylic acid groups (broad SMARTS) is 1. The van der Waals surface area contributed by atoms with Crippen molar-refractivity contribution in [1.29, 1.82) is 0 Å². The van der Waals surface area contributed by atoms with Crippen LogP contribution in [0, 0.1) is 0 Å². The van der Waals surface area contributed by atoms with E-state index in [2.05, 4.69) is 5.32 Å². The lowest BCUT2D eigenvalue weighted by molar-refractivity contribution is -0.144. The molecule has 1 aromatic rings. The zero-order valence-corrected chi connectivity index (χ0v) is 13.1. The van der Waals surface area contributed by atoms with Gasteiger partial charge >= 0.3 is 5.97 Å². The van der Waals surface area contributed by atoms with Gasteiger partial charge < -0.3 is 5.11 Å². The summed E-state index contributed by atoms with van der Waals surface area (Å²) in [5.41, 5.74) is -0.803. The topological polar surface area (TPSA) is 49.3 Å². The zero-order chi connectivity index (χ0) is 14.6. The van der Waals surface area contributed by atoms with Crippen molar-refractivity contribution in [2.24, 2.45) is 0 Å². The fourth-order valence-corrected chi connectivity index (χ4v) is 3.28. The number of aliphatic carboxylic acids is 1. The van der Waals surface area contributed by atoms with Crippen LogP contribution in [0.25, 0.3) is 0 Å². The van der Waals surface area contributed by atoms with Crippen LogP contribution in [0.5, 0.6) is 0 Å².